The Hall–Kier alpha value is -0.620. The van der Waals surface area contributed by atoms with Crippen molar-refractivity contribution in [2.24, 2.45) is 0 Å². The van der Waals surface area contributed by atoms with Crippen LogP contribution in [0.1, 0.15) is 44.6 Å². The summed E-state index contributed by atoms with van der Waals surface area (Å²) < 4.78 is 27.4. The normalized spacial score (nSPS) is 17.3. The number of aliphatic hydroxyl groups is 1. The zero-order valence-corrected chi connectivity index (χ0v) is 13.8. The Balaban J connectivity index is 2.38. The van der Waals surface area contributed by atoms with E-state index in [9.17, 15) is 13.5 Å². The zero-order valence-electron chi connectivity index (χ0n) is 12.3. The first kappa shape index (κ1) is 16.7. The van der Waals surface area contributed by atoms with Crippen LogP contribution in [0, 0.1) is 0 Å². The fourth-order valence-corrected chi connectivity index (χ4v) is 5.18. The smallest absolute Gasteiger partial charge is 0.244 e. The van der Waals surface area contributed by atoms with E-state index in [2.05, 4.69) is 0 Å². The number of aliphatic hydroxyl groups excluding tert-OH is 1. The molecule has 0 bridgehead atoms. The number of benzene rings is 1. The summed E-state index contributed by atoms with van der Waals surface area (Å²) in [6, 6.07) is 4.71. The second-order valence-corrected chi connectivity index (χ2v) is 7.69. The van der Waals surface area contributed by atoms with Gasteiger partial charge in [0.2, 0.25) is 10.0 Å². The molecule has 118 valence electrons. The molecular weight excluding hydrogens is 310 g/mol. The van der Waals surface area contributed by atoms with Gasteiger partial charge < -0.3 is 5.11 Å². The predicted octanol–water partition coefficient (Wildman–Crippen LogP) is 3.18. The van der Waals surface area contributed by atoms with Crippen molar-refractivity contribution in [3.8, 4) is 0 Å². The molecule has 1 fully saturated rings. The Labute approximate surface area is 131 Å². The van der Waals surface area contributed by atoms with E-state index in [4.69, 9.17) is 11.6 Å². The lowest BCUT2D eigenvalue weighted by atomic mass is 9.95. The summed E-state index contributed by atoms with van der Waals surface area (Å²) in [4.78, 5) is 0.100. The highest BCUT2D eigenvalue weighted by Gasteiger charge is 2.32. The summed E-state index contributed by atoms with van der Waals surface area (Å²) in [7, 11) is -3.62. The van der Waals surface area contributed by atoms with Crippen molar-refractivity contribution in [2.45, 2.75) is 56.6 Å². The van der Waals surface area contributed by atoms with Gasteiger partial charge in [0.1, 0.15) is 4.90 Å². The molecular formula is C15H22ClNO3S. The van der Waals surface area contributed by atoms with E-state index in [-0.39, 0.29) is 22.6 Å². The lowest BCUT2D eigenvalue weighted by Crippen LogP contribution is -2.41. The largest absolute Gasteiger partial charge is 0.392 e. The summed E-state index contributed by atoms with van der Waals surface area (Å²) in [5.74, 6) is 0. The second kappa shape index (κ2) is 7.09. The highest BCUT2D eigenvalue weighted by atomic mass is 35.5. The minimum Gasteiger partial charge on any atom is -0.392 e. The molecule has 4 nitrogen and oxygen atoms in total. The zero-order chi connectivity index (χ0) is 15.5. The molecule has 0 atom stereocenters. The van der Waals surface area contributed by atoms with Crippen LogP contribution in [0.4, 0.5) is 0 Å². The molecule has 0 saturated heterocycles. The molecule has 1 aromatic rings. The van der Waals surface area contributed by atoms with Gasteiger partial charge in [-0.3, -0.25) is 0 Å². The average Bonchev–Trinajstić information content (AvgIpc) is 2.49. The number of hydrogen-bond donors (Lipinski definition) is 1. The third-order valence-electron chi connectivity index (χ3n) is 4.06. The van der Waals surface area contributed by atoms with Gasteiger partial charge in [-0.1, -0.05) is 43.9 Å². The summed E-state index contributed by atoms with van der Waals surface area (Å²) >= 11 is 6.09. The van der Waals surface area contributed by atoms with Crippen molar-refractivity contribution in [1.82, 2.24) is 4.31 Å². The molecule has 1 aromatic carbocycles. The molecule has 1 aliphatic carbocycles. The molecule has 0 unspecified atom stereocenters. The first-order valence-corrected chi connectivity index (χ1v) is 9.23. The molecule has 1 saturated carbocycles. The summed E-state index contributed by atoms with van der Waals surface area (Å²) in [6.45, 7) is 2.10. The minimum absolute atomic E-state index is 0.0580. The third kappa shape index (κ3) is 3.59. The van der Waals surface area contributed by atoms with E-state index >= 15 is 0 Å². The number of nitrogens with zero attached hydrogens (tertiary/aromatic N) is 1. The number of sulfonamides is 1. The van der Waals surface area contributed by atoms with Crippen molar-refractivity contribution in [3.05, 3.63) is 28.8 Å². The fraction of sp³-hybridized carbons (Fsp3) is 0.600. The first-order valence-electron chi connectivity index (χ1n) is 7.41. The van der Waals surface area contributed by atoms with Crippen molar-refractivity contribution in [3.63, 3.8) is 0 Å². The number of halogens is 1. The highest BCUT2D eigenvalue weighted by molar-refractivity contribution is 7.89. The van der Waals surface area contributed by atoms with E-state index in [0.717, 1.165) is 25.7 Å². The molecule has 0 radical (unpaired) electrons. The van der Waals surface area contributed by atoms with Crippen LogP contribution >= 0.6 is 11.6 Å². The minimum atomic E-state index is -3.62. The van der Waals surface area contributed by atoms with Gasteiger partial charge >= 0.3 is 0 Å². The van der Waals surface area contributed by atoms with Gasteiger partial charge in [0.05, 0.1) is 11.6 Å². The van der Waals surface area contributed by atoms with Crippen LogP contribution in [-0.2, 0) is 16.6 Å². The SMILES string of the molecule is CCN(C1CCCCC1)S(=O)(=O)c1cc(CO)ccc1Cl. The van der Waals surface area contributed by atoms with Crippen LogP contribution in [0.15, 0.2) is 23.1 Å². The molecule has 6 heteroatoms. The topological polar surface area (TPSA) is 57.6 Å². The van der Waals surface area contributed by atoms with E-state index in [1.54, 1.807) is 10.4 Å². The van der Waals surface area contributed by atoms with Crippen LogP contribution in [0.25, 0.3) is 0 Å². The van der Waals surface area contributed by atoms with E-state index in [1.165, 1.54) is 18.6 Å². The molecule has 0 aromatic heterocycles. The van der Waals surface area contributed by atoms with Gasteiger partial charge in [0, 0.05) is 12.6 Å². The van der Waals surface area contributed by atoms with E-state index < -0.39 is 10.0 Å². The maximum atomic E-state index is 12.9. The molecule has 0 heterocycles. The van der Waals surface area contributed by atoms with Crippen molar-refractivity contribution >= 4 is 21.6 Å². The summed E-state index contributed by atoms with van der Waals surface area (Å²) in [6.07, 6.45) is 5.13. The van der Waals surface area contributed by atoms with Crippen molar-refractivity contribution < 1.29 is 13.5 Å². The first-order chi connectivity index (χ1) is 10.0. The Morgan fingerprint density at radius 3 is 2.52 bits per heavy atom. The van der Waals surface area contributed by atoms with Crippen molar-refractivity contribution in [2.75, 3.05) is 6.54 Å². The standard InChI is InChI=1S/C15H22ClNO3S/c1-2-17(13-6-4-3-5-7-13)21(19,20)15-10-12(11-18)8-9-14(15)16/h8-10,13,18H,2-7,11H2,1H3. The van der Waals surface area contributed by atoms with Gasteiger partial charge in [-0.25, -0.2) is 8.42 Å². The molecule has 0 amide bonds. The van der Waals surface area contributed by atoms with Gasteiger partial charge in [-0.2, -0.15) is 4.31 Å². The lowest BCUT2D eigenvalue weighted by Gasteiger charge is -2.32. The predicted molar refractivity (Wildman–Crippen MR) is 83.8 cm³/mol. The van der Waals surface area contributed by atoms with Crippen LogP contribution < -0.4 is 0 Å². The molecule has 1 aliphatic rings. The molecule has 2 rings (SSSR count). The van der Waals surface area contributed by atoms with Gasteiger partial charge in [-0.15, -0.1) is 0 Å². The molecule has 0 spiro atoms. The summed E-state index contributed by atoms with van der Waals surface area (Å²) in [5.41, 5.74) is 0.553. The van der Waals surface area contributed by atoms with Gasteiger partial charge in [-0.05, 0) is 30.5 Å². The Bertz CT molecular complexity index is 583. The monoisotopic (exact) mass is 331 g/mol. The van der Waals surface area contributed by atoms with E-state index in [1.807, 2.05) is 6.92 Å². The van der Waals surface area contributed by atoms with Crippen LogP contribution in [-0.4, -0.2) is 30.4 Å². The molecule has 21 heavy (non-hydrogen) atoms. The van der Waals surface area contributed by atoms with Crippen molar-refractivity contribution in [1.29, 1.82) is 0 Å². The Morgan fingerprint density at radius 2 is 1.95 bits per heavy atom. The molecule has 0 aliphatic heterocycles. The second-order valence-electron chi connectivity index (χ2n) is 5.42. The van der Waals surface area contributed by atoms with E-state index in [0.29, 0.717) is 12.1 Å². The molecule has 1 N–H and O–H groups in total. The summed E-state index contributed by atoms with van der Waals surface area (Å²) in [5, 5.41) is 9.42. The van der Waals surface area contributed by atoms with Crippen LogP contribution in [0.2, 0.25) is 5.02 Å². The highest BCUT2D eigenvalue weighted by Crippen LogP contribution is 2.31. The van der Waals surface area contributed by atoms with Crippen LogP contribution in [0.3, 0.4) is 0 Å². The lowest BCUT2D eigenvalue weighted by molar-refractivity contribution is 0.261. The number of rotatable bonds is 5. The Kier molecular flexibility index (Phi) is 5.66. The number of hydrogen-bond acceptors (Lipinski definition) is 3. The van der Waals surface area contributed by atoms with Gasteiger partial charge in [0.25, 0.3) is 0 Å². The van der Waals surface area contributed by atoms with Gasteiger partial charge in [0.15, 0.2) is 0 Å². The third-order valence-corrected chi connectivity index (χ3v) is 6.57. The maximum absolute atomic E-state index is 12.9. The maximum Gasteiger partial charge on any atom is 0.244 e. The quantitative estimate of drug-likeness (QED) is 0.901. The fourth-order valence-electron chi connectivity index (χ4n) is 2.96. The average molecular weight is 332 g/mol. The van der Waals surface area contributed by atoms with Crippen LogP contribution in [0.5, 0.6) is 0 Å². The Morgan fingerprint density at radius 1 is 1.29 bits per heavy atom.